The van der Waals surface area contributed by atoms with Gasteiger partial charge in [-0.05, 0) is 65.9 Å². The van der Waals surface area contributed by atoms with Gasteiger partial charge in [0.1, 0.15) is 0 Å². The quantitative estimate of drug-likeness (QED) is 0.283. The maximum absolute atomic E-state index is 14.9. The maximum atomic E-state index is 14.9. The zero-order chi connectivity index (χ0) is 31.6. The van der Waals surface area contributed by atoms with Crippen molar-refractivity contribution in [1.29, 1.82) is 0 Å². The van der Waals surface area contributed by atoms with Crippen molar-refractivity contribution >= 4 is 11.6 Å². The molecule has 0 radical (unpaired) electrons. The summed E-state index contributed by atoms with van der Waals surface area (Å²) in [5, 5.41) is 0. The predicted octanol–water partition coefficient (Wildman–Crippen LogP) is 10.5. The Kier molecular flexibility index (Phi) is 8.71. The van der Waals surface area contributed by atoms with Crippen LogP contribution in [0.3, 0.4) is 0 Å². The summed E-state index contributed by atoms with van der Waals surface area (Å²) in [7, 11) is 0. The zero-order valence-corrected chi connectivity index (χ0v) is 29.1. The van der Waals surface area contributed by atoms with Crippen molar-refractivity contribution in [3.63, 3.8) is 0 Å². The molecule has 0 spiro atoms. The highest BCUT2D eigenvalue weighted by Gasteiger charge is 2.45. The second-order valence-corrected chi connectivity index (χ2v) is 18.0. The highest BCUT2D eigenvalue weighted by atomic mass is 16.2. The van der Waals surface area contributed by atoms with Gasteiger partial charge < -0.3 is 0 Å². The minimum atomic E-state index is -0.412. The smallest absolute Gasteiger partial charge is 0.234 e. The highest BCUT2D eigenvalue weighted by Crippen LogP contribution is 2.51. The van der Waals surface area contributed by atoms with E-state index >= 15 is 0 Å². The SMILES string of the molecule is CC(C)(C)c1ccccc1C(=O)C(=O)c1c(C(C)(C)C)c(C(C)(C)C)c(C(C)(C)C)c(C(C)(C)C)c1C(C)(C)C. The Morgan fingerprint density at radius 2 is 0.700 bits per heavy atom. The molecule has 0 aliphatic rings. The van der Waals surface area contributed by atoms with Crippen molar-refractivity contribution in [2.45, 2.75) is 157 Å². The largest absolute Gasteiger partial charge is 0.285 e. The lowest BCUT2D eigenvalue weighted by Crippen LogP contribution is -2.39. The third-order valence-electron chi connectivity index (χ3n) is 7.66. The molecule has 0 aromatic heterocycles. The molecule has 222 valence electrons. The van der Waals surface area contributed by atoms with Gasteiger partial charge in [-0.2, -0.15) is 0 Å². The van der Waals surface area contributed by atoms with Crippen LogP contribution in [0.25, 0.3) is 0 Å². The van der Waals surface area contributed by atoms with Gasteiger partial charge in [-0.25, -0.2) is 0 Å². The predicted molar refractivity (Wildman–Crippen MR) is 174 cm³/mol. The van der Waals surface area contributed by atoms with Gasteiger partial charge in [-0.3, -0.25) is 9.59 Å². The number of hydrogen-bond donors (Lipinski definition) is 0. The summed E-state index contributed by atoms with van der Waals surface area (Å²) in [6.45, 7) is 39.8. The number of hydrogen-bond acceptors (Lipinski definition) is 2. The summed E-state index contributed by atoms with van der Waals surface area (Å²) in [6.07, 6.45) is 0. The van der Waals surface area contributed by atoms with Crippen molar-refractivity contribution in [3.05, 3.63) is 68.8 Å². The van der Waals surface area contributed by atoms with Crippen LogP contribution in [-0.4, -0.2) is 11.6 Å². The van der Waals surface area contributed by atoms with Gasteiger partial charge in [0.05, 0.1) is 0 Å². The molecule has 0 fully saturated rings. The van der Waals surface area contributed by atoms with E-state index in [1.165, 1.54) is 16.7 Å². The molecule has 0 unspecified atom stereocenters. The van der Waals surface area contributed by atoms with Gasteiger partial charge in [0.25, 0.3) is 0 Å². The zero-order valence-electron chi connectivity index (χ0n) is 29.1. The minimum Gasteiger partial charge on any atom is -0.285 e. The minimum absolute atomic E-state index is 0.171. The molecular weight excluding hydrogens is 488 g/mol. The standard InChI is InChI=1S/C38H58O2/c1-33(2,3)24-22-20-19-21-23(24)31(39)32(40)25-26(34(4,5)6)28(36(10,11)12)30(38(16,17)18)29(37(13,14)15)27(25)35(7,8)9/h19-22H,1-18H3. The number of benzene rings is 2. The van der Waals surface area contributed by atoms with Crippen LogP contribution >= 0.6 is 0 Å². The normalized spacial score (nSPS) is 13.9. The summed E-state index contributed by atoms with van der Waals surface area (Å²) >= 11 is 0. The van der Waals surface area contributed by atoms with Gasteiger partial charge in [0.2, 0.25) is 11.6 Å². The third-order valence-corrected chi connectivity index (χ3v) is 7.66. The Labute approximate surface area is 246 Å². The van der Waals surface area contributed by atoms with E-state index in [1.807, 2.05) is 24.3 Å². The first-order valence-electron chi connectivity index (χ1n) is 15.0. The van der Waals surface area contributed by atoms with Gasteiger partial charge >= 0.3 is 0 Å². The summed E-state index contributed by atoms with van der Waals surface area (Å²) in [5.74, 6) is -0.798. The number of ketones is 2. The topological polar surface area (TPSA) is 34.1 Å². The van der Waals surface area contributed by atoms with Crippen molar-refractivity contribution in [2.75, 3.05) is 0 Å². The second kappa shape index (κ2) is 10.2. The molecule has 0 atom stereocenters. The van der Waals surface area contributed by atoms with Crippen molar-refractivity contribution in [1.82, 2.24) is 0 Å². The lowest BCUT2D eigenvalue weighted by atomic mass is 9.58. The van der Waals surface area contributed by atoms with E-state index < -0.39 is 5.78 Å². The summed E-state index contributed by atoms with van der Waals surface area (Å²) in [6, 6.07) is 7.64. The number of Topliss-reactive ketones (excluding diaryl/α,β-unsaturated/α-hetero) is 2. The second-order valence-electron chi connectivity index (χ2n) is 18.0. The molecule has 0 aliphatic carbocycles. The average molecular weight is 547 g/mol. The number of rotatable bonds is 3. The molecule has 2 rings (SSSR count). The van der Waals surface area contributed by atoms with Gasteiger partial charge in [0.15, 0.2) is 0 Å². The molecule has 2 nitrogen and oxygen atoms in total. The van der Waals surface area contributed by atoms with E-state index in [2.05, 4.69) is 125 Å². The van der Waals surface area contributed by atoms with Crippen LogP contribution in [0.1, 0.15) is 179 Å². The first kappa shape index (κ1) is 34.0. The molecule has 0 amide bonds. The van der Waals surface area contributed by atoms with E-state index in [1.54, 1.807) is 0 Å². The van der Waals surface area contributed by atoms with Crippen molar-refractivity contribution < 1.29 is 9.59 Å². The first-order valence-corrected chi connectivity index (χ1v) is 15.0. The third kappa shape index (κ3) is 6.63. The fourth-order valence-corrected chi connectivity index (χ4v) is 6.30. The van der Waals surface area contributed by atoms with Crippen LogP contribution in [0.15, 0.2) is 24.3 Å². The first-order chi connectivity index (χ1) is 17.5. The Morgan fingerprint density at radius 1 is 0.400 bits per heavy atom. The Bertz CT molecular complexity index is 1240. The fraction of sp³-hybridized carbons (Fsp3) is 0.632. The molecule has 0 aliphatic heterocycles. The van der Waals surface area contributed by atoms with Crippen molar-refractivity contribution in [3.8, 4) is 0 Å². The molecule has 40 heavy (non-hydrogen) atoms. The van der Waals surface area contributed by atoms with E-state index in [4.69, 9.17) is 0 Å². The maximum Gasteiger partial charge on any atom is 0.234 e. The molecular formula is C38H58O2. The van der Waals surface area contributed by atoms with Crippen LogP contribution in [0.2, 0.25) is 0 Å². The van der Waals surface area contributed by atoms with E-state index in [9.17, 15) is 9.59 Å². The molecule has 2 aromatic rings. The molecule has 0 heterocycles. The van der Waals surface area contributed by atoms with E-state index in [0.29, 0.717) is 11.1 Å². The number of carbonyl (C=O) groups is 2. The monoisotopic (exact) mass is 546 g/mol. The molecule has 0 saturated carbocycles. The number of carbonyl (C=O) groups excluding carboxylic acids is 2. The van der Waals surface area contributed by atoms with Crippen LogP contribution in [-0.2, 0) is 32.5 Å². The average Bonchev–Trinajstić information content (AvgIpc) is 2.72. The van der Waals surface area contributed by atoms with E-state index in [-0.39, 0.29) is 38.3 Å². The highest BCUT2D eigenvalue weighted by molar-refractivity contribution is 6.50. The molecule has 0 bridgehead atoms. The van der Waals surface area contributed by atoms with Crippen LogP contribution in [0.5, 0.6) is 0 Å². The summed E-state index contributed by atoms with van der Waals surface area (Å²) in [5.41, 5.74) is 6.16. The van der Waals surface area contributed by atoms with E-state index in [0.717, 1.165) is 16.7 Å². The Hall–Kier alpha value is -2.22. The Balaban J connectivity index is 3.41. The fourth-order valence-electron chi connectivity index (χ4n) is 6.30. The van der Waals surface area contributed by atoms with Gasteiger partial charge in [0, 0.05) is 11.1 Å². The summed E-state index contributed by atoms with van der Waals surface area (Å²) < 4.78 is 0. The van der Waals surface area contributed by atoms with Gasteiger partial charge in [-0.15, -0.1) is 0 Å². The molecule has 2 aromatic carbocycles. The van der Waals surface area contributed by atoms with Gasteiger partial charge in [-0.1, -0.05) is 149 Å². The summed E-state index contributed by atoms with van der Waals surface area (Å²) in [4.78, 5) is 29.4. The lowest BCUT2D eigenvalue weighted by molar-refractivity contribution is 0.0813. The van der Waals surface area contributed by atoms with Crippen LogP contribution in [0, 0.1) is 0 Å². The molecule has 2 heteroatoms. The Morgan fingerprint density at radius 3 is 1.00 bits per heavy atom. The van der Waals surface area contributed by atoms with Crippen molar-refractivity contribution in [2.24, 2.45) is 0 Å². The molecule has 0 N–H and O–H groups in total. The molecule has 0 saturated heterocycles. The van der Waals surface area contributed by atoms with Crippen LogP contribution < -0.4 is 0 Å². The lowest BCUT2D eigenvalue weighted by Gasteiger charge is -2.45. The van der Waals surface area contributed by atoms with Crippen LogP contribution in [0.4, 0.5) is 0 Å².